The van der Waals surface area contributed by atoms with Gasteiger partial charge in [-0.3, -0.25) is 9.59 Å². The van der Waals surface area contributed by atoms with E-state index in [1.54, 1.807) is 27.9 Å². The third-order valence-corrected chi connectivity index (χ3v) is 2.26. The highest BCUT2D eigenvalue weighted by atomic mass is 16.5. The van der Waals surface area contributed by atoms with Gasteiger partial charge in [-0.05, 0) is 20.3 Å². The van der Waals surface area contributed by atoms with Crippen molar-refractivity contribution in [1.29, 1.82) is 0 Å². The van der Waals surface area contributed by atoms with E-state index < -0.39 is 11.9 Å². The van der Waals surface area contributed by atoms with Crippen LogP contribution in [0.1, 0.15) is 33.6 Å². The molecule has 0 saturated carbocycles. The fourth-order valence-corrected chi connectivity index (χ4v) is 1.28. The summed E-state index contributed by atoms with van der Waals surface area (Å²) in [7, 11) is 1.54. The highest BCUT2D eigenvalue weighted by molar-refractivity contribution is 5.99. The summed E-state index contributed by atoms with van der Waals surface area (Å²) in [4.78, 5) is 23.1. The highest BCUT2D eigenvalue weighted by Gasteiger charge is 2.26. The number of carbonyl (C=O) groups excluding carboxylic acids is 2. The smallest absolute Gasteiger partial charge is 0.316 e. The number of rotatable bonds is 7. The molecular formula is C11H20O4. The van der Waals surface area contributed by atoms with Gasteiger partial charge >= 0.3 is 5.97 Å². The van der Waals surface area contributed by atoms with Gasteiger partial charge in [0.2, 0.25) is 0 Å². The third kappa shape index (κ3) is 4.93. The molecule has 0 aromatic carbocycles. The number of Topliss-reactive ketones (excluding diaryl/α,β-unsaturated/α-hetero) is 1. The van der Waals surface area contributed by atoms with Gasteiger partial charge < -0.3 is 9.47 Å². The van der Waals surface area contributed by atoms with Crippen LogP contribution < -0.4 is 0 Å². The molecule has 0 aromatic rings. The summed E-state index contributed by atoms with van der Waals surface area (Å²) in [5.74, 6) is -1.17. The van der Waals surface area contributed by atoms with Crippen molar-refractivity contribution in [2.75, 3.05) is 13.7 Å². The molecule has 2 unspecified atom stereocenters. The fourth-order valence-electron chi connectivity index (χ4n) is 1.28. The lowest BCUT2D eigenvalue weighted by atomic mass is 9.97. The second-order valence-corrected chi connectivity index (χ2v) is 3.43. The van der Waals surface area contributed by atoms with E-state index in [0.29, 0.717) is 13.0 Å². The second kappa shape index (κ2) is 7.40. The van der Waals surface area contributed by atoms with Crippen LogP contribution in [-0.2, 0) is 19.1 Å². The van der Waals surface area contributed by atoms with E-state index >= 15 is 0 Å². The SMILES string of the molecule is CCOC(=O)C(CC)C(=O)CC(C)OC. The Morgan fingerprint density at radius 3 is 2.27 bits per heavy atom. The van der Waals surface area contributed by atoms with Gasteiger partial charge in [0.15, 0.2) is 0 Å². The van der Waals surface area contributed by atoms with Crippen molar-refractivity contribution in [3.63, 3.8) is 0 Å². The number of hydrogen-bond donors (Lipinski definition) is 0. The lowest BCUT2D eigenvalue weighted by Gasteiger charge is -2.14. The molecule has 15 heavy (non-hydrogen) atoms. The Morgan fingerprint density at radius 1 is 1.27 bits per heavy atom. The van der Waals surface area contributed by atoms with Gasteiger partial charge in [0.1, 0.15) is 11.7 Å². The van der Waals surface area contributed by atoms with Gasteiger partial charge in [-0.15, -0.1) is 0 Å². The van der Waals surface area contributed by atoms with Crippen LogP contribution >= 0.6 is 0 Å². The minimum Gasteiger partial charge on any atom is -0.465 e. The minimum atomic E-state index is -0.637. The molecule has 0 radical (unpaired) electrons. The molecule has 0 amide bonds. The minimum absolute atomic E-state index is 0.106. The average molecular weight is 216 g/mol. The maximum Gasteiger partial charge on any atom is 0.316 e. The summed E-state index contributed by atoms with van der Waals surface area (Å²) in [6.07, 6.45) is 0.586. The zero-order valence-corrected chi connectivity index (χ0v) is 9.91. The molecule has 4 nitrogen and oxygen atoms in total. The second-order valence-electron chi connectivity index (χ2n) is 3.43. The first kappa shape index (κ1) is 14.1. The Bertz CT molecular complexity index is 213. The molecule has 0 heterocycles. The van der Waals surface area contributed by atoms with Crippen molar-refractivity contribution in [3.05, 3.63) is 0 Å². The largest absolute Gasteiger partial charge is 0.465 e. The summed E-state index contributed by atoms with van der Waals surface area (Å²) >= 11 is 0. The molecule has 0 rings (SSSR count). The van der Waals surface area contributed by atoms with E-state index in [1.807, 2.05) is 0 Å². The Balaban J connectivity index is 4.27. The summed E-state index contributed by atoms with van der Waals surface area (Å²) in [5.41, 5.74) is 0. The summed E-state index contributed by atoms with van der Waals surface area (Å²) < 4.78 is 9.81. The van der Waals surface area contributed by atoms with E-state index in [1.165, 1.54) is 0 Å². The zero-order chi connectivity index (χ0) is 11.8. The molecule has 0 fully saturated rings. The molecule has 4 heteroatoms. The van der Waals surface area contributed by atoms with E-state index in [9.17, 15) is 9.59 Å². The lowest BCUT2D eigenvalue weighted by Crippen LogP contribution is -2.28. The van der Waals surface area contributed by atoms with Crippen LogP contribution in [0.4, 0.5) is 0 Å². The average Bonchev–Trinajstić information content (AvgIpc) is 2.19. The summed E-state index contributed by atoms with van der Waals surface area (Å²) in [5, 5.41) is 0. The van der Waals surface area contributed by atoms with Crippen molar-refractivity contribution in [2.45, 2.75) is 39.7 Å². The van der Waals surface area contributed by atoms with Gasteiger partial charge in [-0.2, -0.15) is 0 Å². The highest BCUT2D eigenvalue weighted by Crippen LogP contribution is 2.12. The van der Waals surface area contributed by atoms with Gasteiger partial charge in [0.05, 0.1) is 12.7 Å². The standard InChI is InChI=1S/C11H20O4/c1-5-9(11(13)15-6-2)10(12)7-8(3)14-4/h8-9H,5-7H2,1-4H3. The van der Waals surface area contributed by atoms with Crippen molar-refractivity contribution in [1.82, 2.24) is 0 Å². The van der Waals surface area contributed by atoms with Gasteiger partial charge in [-0.1, -0.05) is 6.92 Å². The van der Waals surface area contributed by atoms with Crippen molar-refractivity contribution in [2.24, 2.45) is 5.92 Å². The zero-order valence-electron chi connectivity index (χ0n) is 9.91. The van der Waals surface area contributed by atoms with Crippen LogP contribution in [0.5, 0.6) is 0 Å². The van der Waals surface area contributed by atoms with Crippen LogP contribution in [0.2, 0.25) is 0 Å². The van der Waals surface area contributed by atoms with Crippen LogP contribution in [-0.4, -0.2) is 31.6 Å². The predicted molar refractivity (Wildman–Crippen MR) is 56.5 cm³/mol. The molecule has 0 aliphatic rings. The normalized spacial score (nSPS) is 14.4. The molecule has 0 spiro atoms. The summed E-state index contributed by atoms with van der Waals surface area (Å²) in [6.45, 7) is 5.64. The molecule has 0 aliphatic heterocycles. The van der Waals surface area contributed by atoms with Crippen molar-refractivity contribution >= 4 is 11.8 Å². The van der Waals surface area contributed by atoms with E-state index in [0.717, 1.165) is 0 Å². The maximum absolute atomic E-state index is 11.7. The monoisotopic (exact) mass is 216 g/mol. The molecule has 0 aromatic heterocycles. The topological polar surface area (TPSA) is 52.6 Å². The van der Waals surface area contributed by atoms with Crippen LogP contribution in [0.3, 0.4) is 0 Å². The first-order valence-electron chi connectivity index (χ1n) is 5.28. The Kier molecular flexibility index (Phi) is 6.96. The first-order valence-corrected chi connectivity index (χ1v) is 5.28. The van der Waals surface area contributed by atoms with Gasteiger partial charge in [0.25, 0.3) is 0 Å². The third-order valence-electron chi connectivity index (χ3n) is 2.26. The Labute approximate surface area is 90.9 Å². The fraction of sp³-hybridized carbons (Fsp3) is 0.818. The van der Waals surface area contributed by atoms with E-state index in [-0.39, 0.29) is 18.3 Å². The van der Waals surface area contributed by atoms with Gasteiger partial charge in [0, 0.05) is 13.5 Å². The molecule has 0 aliphatic carbocycles. The molecule has 0 N–H and O–H groups in total. The summed E-state index contributed by atoms with van der Waals surface area (Å²) in [6, 6.07) is 0. The predicted octanol–water partition coefficient (Wildman–Crippen LogP) is 1.57. The molecule has 0 saturated heterocycles. The number of methoxy groups -OCH3 is 1. The molecule has 0 bridgehead atoms. The molecule has 88 valence electrons. The van der Waals surface area contributed by atoms with Crippen LogP contribution in [0, 0.1) is 5.92 Å². The number of esters is 1. The van der Waals surface area contributed by atoms with E-state index in [2.05, 4.69) is 0 Å². The van der Waals surface area contributed by atoms with Gasteiger partial charge in [-0.25, -0.2) is 0 Å². The Morgan fingerprint density at radius 2 is 1.87 bits per heavy atom. The van der Waals surface area contributed by atoms with Crippen molar-refractivity contribution in [3.8, 4) is 0 Å². The number of carbonyl (C=O) groups is 2. The molecule has 2 atom stereocenters. The lowest BCUT2D eigenvalue weighted by molar-refractivity contribution is -0.152. The van der Waals surface area contributed by atoms with Crippen LogP contribution in [0.15, 0.2) is 0 Å². The number of ether oxygens (including phenoxy) is 2. The van der Waals surface area contributed by atoms with Crippen molar-refractivity contribution < 1.29 is 19.1 Å². The quantitative estimate of drug-likeness (QED) is 0.479. The molecular weight excluding hydrogens is 196 g/mol. The first-order chi connectivity index (χ1) is 7.06. The van der Waals surface area contributed by atoms with Crippen LogP contribution in [0.25, 0.3) is 0 Å². The number of hydrogen-bond acceptors (Lipinski definition) is 4. The number of ketones is 1. The maximum atomic E-state index is 11.7. The Hall–Kier alpha value is -0.900. The van der Waals surface area contributed by atoms with E-state index in [4.69, 9.17) is 9.47 Å².